The van der Waals surface area contributed by atoms with Crippen LogP contribution in [0.1, 0.15) is 28.0 Å². The van der Waals surface area contributed by atoms with Crippen molar-refractivity contribution in [1.82, 2.24) is 14.9 Å². The minimum atomic E-state index is -0.282. The van der Waals surface area contributed by atoms with Gasteiger partial charge in [0.2, 0.25) is 5.91 Å². The molecule has 9 heteroatoms. The van der Waals surface area contributed by atoms with Crippen LogP contribution in [-0.2, 0) is 17.8 Å². The van der Waals surface area contributed by atoms with E-state index in [4.69, 9.17) is 4.74 Å². The number of pyridine rings is 1. The van der Waals surface area contributed by atoms with E-state index in [9.17, 15) is 9.59 Å². The summed E-state index contributed by atoms with van der Waals surface area (Å²) in [6.07, 6.45) is 2.31. The quantitative estimate of drug-likeness (QED) is 0.589. The Morgan fingerprint density at radius 3 is 2.81 bits per heavy atom. The van der Waals surface area contributed by atoms with Crippen molar-refractivity contribution in [2.75, 3.05) is 30.3 Å². The Morgan fingerprint density at radius 2 is 2.00 bits per heavy atom. The highest BCUT2D eigenvalue weighted by Gasteiger charge is 2.23. The molecule has 0 bridgehead atoms. The molecule has 0 atom stereocenters. The molecule has 1 aliphatic heterocycles. The number of para-hydroxylation sites is 2. The number of carbonyl (C=O) groups excluding carboxylic acids is 2. The molecule has 2 N–H and O–H groups in total. The van der Waals surface area contributed by atoms with Gasteiger partial charge in [0.1, 0.15) is 11.4 Å². The van der Waals surface area contributed by atoms with Crippen LogP contribution in [0.2, 0.25) is 0 Å². The molecule has 1 aromatic carbocycles. The summed E-state index contributed by atoms with van der Waals surface area (Å²) in [5, 5.41) is 6.30. The molecule has 0 spiro atoms. The minimum Gasteiger partial charge on any atom is -0.492 e. The summed E-state index contributed by atoms with van der Waals surface area (Å²) >= 11 is 1.44. The van der Waals surface area contributed by atoms with Gasteiger partial charge in [-0.2, -0.15) is 0 Å². The number of thiazole rings is 1. The molecule has 0 fully saturated rings. The molecule has 31 heavy (non-hydrogen) atoms. The summed E-state index contributed by atoms with van der Waals surface area (Å²) in [6.45, 7) is 4.06. The highest BCUT2D eigenvalue weighted by molar-refractivity contribution is 7.15. The van der Waals surface area contributed by atoms with E-state index in [-0.39, 0.29) is 18.4 Å². The van der Waals surface area contributed by atoms with Gasteiger partial charge in [0, 0.05) is 30.6 Å². The maximum absolute atomic E-state index is 12.6. The number of amides is 2. The van der Waals surface area contributed by atoms with Crippen molar-refractivity contribution in [3.8, 4) is 5.75 Å². The van der Waals surface area contributed by atoms with Crippen LogP contribution in [0.4, 0.5) is 10.8 Å². The van der Waals surface area contributed by atoms with Gasteiger partial charge in [-0.1, -0.05) is 18.2 Å². The fraction of sp³-hybridized carbons (Fsp3) is 0.273. The van der Waals surface area contributed by atoms with Crippen LogP contribution in [0.5, 0.6) is 5.75 Å². The van der Waals surface area contributed by atoms with Gasteiger partial charge in [-0.15, -0.1) is 11.3 Å². The summed E-state index contributed by atoms with van der Waals surface area (Å²) in [5.41, 5.74) is 1.99. The molecule has 2 aromatic heterocycles. The number of anilines is 2. The predicted octanol–water partition coefficient (Wildman–Crippen LogP) is 3.19. The monoisotopic (exact) mass is 437 g/mol. The van der Waals surface area contributed by atoms with Crippen molar-refractivity contribution in [2.24, 2.45) is 0 Å². The number of ether oxygens (including phenoxy) is 1. The SMILES string of the molecule is CCOc1ccccc1NC(=O)CN1CCc2nc(NC(=O)c3ccccn3)sc2C1. The molecule has 0 unspecified atom stereocenters. The molecule has 0 saturated heterocycles. The van der Waals surface area contributed by atoms with Crippen molar-refractivity contribution in [1.29, 1.82) is 0 Å². The van der Waals surface area contributed by atoms with Gasteiger partial charge in [-0.05, 0) is 31.2 Å². The topological polar surface area (TPSA) is 96.5 Å². The van der Waals surface area contributed by atoms with Crippen LogP contribution in [0.25, 0.3) is 0 Å². The number of fused-ring (bicyclic) bond motifs is 1. The van der Waals surface area contributed by atoms with Crippen LogP contribution in [0, 0.1) is 0 Å². The number of nitrogens with zero attached hydrogens (tertiary/aromatic N) is 3. The first-order valence-electron chi connectivity index (χ1n) is 10.1. The standard InChI is InChI=1S/C22H23N5O3S/c1-2-30-18-9-4-3-7-15(18)24-20(28)14-27-12-10-16-19(13-27)31-22(25-16)26-21(29)17-8-5-6-11-23-17/h3-9,11H,2,10,12-14H2,1H3,(H,24,28)(H,25,26,29). The third kappa shape index (κ3) is 5.25. The van der Waals surface area contributed by atoms with Crippen molar-refractivity contribution < 1.29 is 14.3 Å². The van der Waals surface area contributed by atoms with Crippen LogP contribution in [0.3, 0.4) is 0 Å². The zero-order valence-electron chi connectivity index (χ0n) is 17.1. The second-order valence-electron chi connectivity index (χ2n) is 7.00. The largest absolute Gasteiger partial charge is 0.492 e. The lowest BCUT2D eigenvalue weighted by Crippen LogP contribution is -2.36. The summed E-state index contributed by atoms with van der Waals surface area (Å²) in [7, 11) is 0. The molecule has 160 valence electrons. The van der Waals surface area contributed by atoms with Crippen molar-refractivity contribution in [3.63, 3.8) is 0 Å². The van der Waals surface area contributed by atoms with Crippen molar-refractivity contribution in [3.05, 3.63) is 64.9 Å². The molecule has 1 aliphatic rings. The van der Waals surface area contributed by atoms with Gasteiger partial charge in [0.25, 0.3) is 5.91 Å². The molecule has 0 aliphatic carbocycles. The first kappa shape index (κ1) is 21.0. The number of carbonyl (C=O) groups is 2. The molecule has 3 aromatic rings. The average molecular weight is 438 g/mol. The number of hydrogen-bond acceptors (Lipinski definition) is 7. The Hall–Kier alpha value is -3.30. The summed E-state index contributed by atoms with van der Waals surface area (Å²) < 4.78 is 5.57. The zero-order chi connectivity index (χ0) is 21.6. The smallest absolute Gasteiger partial charge is 0.276 e. The molecule has 3 heterocycles. The van der Waals surface area contributed by atoms with Gasteiger partial charge in [0.05, 0.1) is 24.5 Å². The predicted molar refractivity (Wildman–Crippen MR) is 120 cm³/mol. The van der Waals surface area contributed by atoms with Crippen LogP contribution >= 0.6 is 11.3 Å². The molecule has 8 nitrogen and oxygen atoms in total. The van der Waals surface area contributed by atoms with E-state index in [2.05, 4.69) is 25.5 Å². The second kappa shape index (κ2) is 9.67. The van der Waals surface area contributed by atoms with E-state index in [1.54, 1.807) is 24.4 Å². The zero-order valence-corrected chi connectivity index (χ0v) is 17.9. The molecular formula is C22H23N5O3S. The van der Waals surface area contributed by atoms with E-state index < -0.39 is 0 Å². The Balaban J connectivity index is 1.35. The van der Waals surface area contributed by atoms with Crippen molar-refractivity contribution >= 4 is 34.0 Å². The highest BCUT2D eigenvalue weighted by atomic mass is 32.1. The number of hydrogen-bond donors (Lipinski definition) is 2. The van der Waals surface area contributed by atoms with E-state index in [0.29, 0.717) is 35.4 Å². The molecule has 0 radical (unpaired) electrons. The minimum absolute atomic E-state index is 0.0937. The van der Waals surface area contributed by atoms with Crippen molar-refractivity contribution in [2.45, 2.75) is 19.9 Å². The van der Waals surface area contributed by atoms with E-state index in [0.717, 1.165) is 23.5 Å². The normalized spacial score (nSPS) is 13.3. The average Bonchev–Trinajstić information content (AvgIpc) is 3.17. The van der Waals surface area contributed by atoms with Crippen LogP contribution in [0.15, 0.2) is 48.7 Å². The maximum Gasteiger partial charge on any atom is 0.276 e. The van der Waals surface area contributed by atoms with Gasteiger partial charge in [-0.25, -0.2) is 4.98 Å². The Labute approximate surface area is 184 Å². The molecule has 4 rings (SSSR count). The van der Waals surface area contributed by atoms with E-state index in [1.807, 2.05) is 31.2 Å². The first-order valence-corrected chi connectivity index (χ1v) is 10.9. The highest BCUT2D eigenvalue weighted by Crippen LogP contribution is 2.29. The number of nitrogens with one attached hydrogen (secondary N) is 2. The second-order valence-corrected chi connectivity index (χ2v) is 8.08. The summed E-state index contributed by atoms with van der Waals surface area (Å²) in [5.74, 6) is 0.287. The van der Waals surface area contributed by atoms with Gasteiger partial charge in [-0.3, -0.25) is 24.8 Å². The molecular weight excluding hydrogens is 414 g/mol. The third-order valence-corrected chi connectivity index (χ3v) is 5.75. The Bertz CT molecular complexity index is 1070. The maximum atomic E-state index is 12.6. The van der Waals surface area contributed by atoms with Gasteiger partial charge < -0.3 is 10.1 Å². The van der Waals surface area contributed by atoms with E-state index >= 15 is 0 Å². The van der Waals surface area contributed by atoms with Gasteiger partial charge >= 0.3 is 0 Å². The Kier molecular flexibility index (Phi) is 6.54. The summed E-state index contributed by atoms with van der Waals surface area (Å²) in [4.78, 5) is 36.6. The fourth-order valence-electron chi connectivity index (χ4n) is 3.34. The lowest BCUT2D eigenvalue weighted by molar-refractivity contribution is -0.117. The Morgan fingerprint density at radius 1 is 1.16 bits per heavy atom. The summed E-state index contributed by atoms with van der Waals surface area (Å²) in [6, 6.07) is 12.6. The van der Waals surface area contributed by atoms with Gasteiger partial charge in [0.15, 0.2) is 5.13 Å². The van der Waals surface area contributed by atoms with Crippen LogP contribution in [-0.4, -0.2) is 46.4 Å². The number of aromatic nitrogens is 2. The molecule has 0 saturated carbocycles. The fourth-order valence-corrected chi connectivity index (χ4v) is 4.38. The van der Waals surface area contributed by atoms with Crippen LogP contribution < -0.4 is 15.4 Å². The first-order chi connectivity index (χ1) is 15.1. The lowest BCUT2D eigenvalue weighted by atomic mass is 10.2. The number of rotatable bonds is 7. The lowest BCUT2D eigenvalue weighted by Gasteiger charge is -2.25. The van der Waals surface area contributed by atoms with E-state index in [1.165, 1.54) is 11.3 Å². The number of benzene rings is 1. The molecule has 2 amide bonds. The third-order valence-electron chi connectivity index (χ3n) is 4.76.